The summed E-state index contributed by atoms with van der Waals surface area (Å²) in [6, 6.07) is 7.05. The third-order valence-corrected chi connectivity index (χ3v) is 3.96. The van der Waals surface area contributed by atoms with Crippen LogP contribution in [0.5, 0.6) is 0 Å². The predicted octanol–water partition coefficient (Wildman–Crippen LogP) is 2.63. The number of nitrogens with one attached hydrogen (secondary N) is 1. The number of carbonyl (C=O) groups is 2. The Balaban J connectivity index is 2.88. The van der Waals surface area contributed by atoms with Crippen LogP contribution in [0.1, 0.15) is 30.5 Å². The smallest absolute Gasteiger partial charge is 0.305 e. The summed E-state index contributed by atoms with van der Waals surface area (Å²) >= 11 is 1.60. The van der Waals surface area contributed by atoms with Crippen LogP contribution in [0.3, 0.4) is 0 Å². The molecule has 0 saturated carbocycles. The van der Waals surface area contributed by atoms with E-state index in [0.717, 1.165) is 16.9 Å². The highest BCUT2D eigenvalue weighted by Crippen LogP contribution is 2.21. The molecule has 2 unspecified atom stereocenters. The Morgan fingerprint density at radius 2 is 2.00 bits per heavy atom. The van der Waals surface area contributed by atoms with Gasteiger partial charge in [0.1, 0.15) is 0 Å². The number of thioether (sulfide) groups is 1. The van der Waals surface area contributed by atoms with Crippen LogP contribution in [0.15, 0.2) is 24.3 Å². The molecule has 0 fully saturated rings. The minimum Gasteiger partial charge on any atom is -0.481 e. The van der Waals surface area contributed by atoms with Crippen molar-refractivity contribution in [2.75, 3.05) is 12.0 Å². The van der Waals surface area contributed by atoms with Gasteiger partial charge in [-0.25, -0.2) is 0 Å². The summed E-state index contributed by atoms with van der Waals surface area (Å²) in [5.41, 5.74) is 1.84. The first kappa shape index (κ1) is 16.6. The minimum absolute atomic E-state index is 0.103. The van der Waals surface area contributed by atoms with Gasteiger partial charge < -0.3 is 10.4 Å². The second-order valence-electron chi connectivity index (χ2n) is 4.87. The van der Waals surface area contributed by atoms with Crippen molar-refractivity contribution in [1.29, 1.82) is 0 Å². The lowest BCUT2D eigenvalue weighted by atomic mass is 9.98. The molecule has 0 spiro atoms. The van der Waals surface area contributed by atoms with Crippen LogP contribution in [0.25, 0.3) is 0 Å². The quantitative estimate of drug-likeness (QED) is 0.811. The van der Waals surface area contributed by atoms with Gasteiger partial charge in [0.05, 0.1) is 12.5 Å². The fraction of sp³-hybridized carbons (Fsp3) is 0.467. The van der Waals surface area contributed by atoms with Gasteiger partial charge in [0.2, 0.25) is 5.91 Å². The van der Waals surface area contributed by atoms with Crippen molar-refractivity contribution >= 4 is 23.6 Å². The first-order valence-electron chi connectivity index (χ1n) is 6.52. The average molecular weight is 295 g/mol. The van der Waals surface area contributed by atoms with Gasteiger partial charge in [-0.3, -0.25) is 9.59 Å². The number of aliphatic carboxylic acids is 1. The van der Waals surface area contributed by atoms with E-state index in [9.17, 15) is 9.59 Å². The van der Waals surface area contributed by atoms with Crippen molar-refractivity contribution in [2.45, 2.75) is 26.3 Å². The third-order valence-electron chi connectivity index (χ3n) is 3.12. The molecule has 0 radical (unpaired) electrons. The Kier molecular flexibility index (Phi) is 6.58. The monoisotopic (exact) mass is 295 g/mol. The summed E-state index contributed by atoms with van der Waals surface area (Å²) in [5.74, 6) is -0.436. The van der Waals surface area contributed by atoms with Crippen LogP contribution in [0.2, 0.25) is 0 Å². The number of benzene rings is 1. The van der Waals surface area contributed by atoms with Crippen LogP contribution in [0, 0.1) is 12.8 Å². The Hall–Kier alpha value is -1.49. The zero-order valence-electron chi connectivity index (χ0n) is 12.1. The lowest BCUT2D eigenvalue weighted by Gasteiger charge is -2.21. The first-order chi connectivity index (χ1) is 9.45. The molecule has 1 rings (SSSR count). The van der Waals surface area contributed by atoms with Crippen LogP contribution < -0.4 is 5.32 Å². The van der Waals surface area contributed by atoms with E-state index in [4.69, 9.17) is 5.11 Å². The molecular formula is C15H21NO3S. The molecular weight excluding hydrogens is 274 g/mol. The summed E-state index contributed by atoms with van der Waals surface area (Å²) < 4.78 is 0. The molecule has 0 heterocycles. The largest absolute Gasteiger partial charge is 0.481 e. The summed E-state index contributed by atoms with van der Waals surface area (Å²) in [7, 11) is 0. The van der Waals surface area contributed by atoms with Crippen molar-refractivity contribution in [1.82, 2.24) is 5.32 Å². The fourth-order valence-electron chi connectivity index (χ4n) is 2.03. The second-order valence-corrected chi connectivity index (χ2v) is 5.78. The zero-order valence-corrected chi connectivity index (χ0v) is 12.9. The van der Waals surface area contributed by atoms with Crippen molar-refractivity contribution in [3.05, 3.63) is 35.4 Å². The molecule has 1 amide bonds. The molecule has 0 aliphatic rings. The second kappa shape index (κ2) is 7.94. The van der Waals surface area contributed by atoms with E-state index < -0.39 is 12.0 Å². The topological polar surface area (TPSA) is 66.4 Å². The van der Waals surface area contributed by atoms with Crippen LogP contribution >= 0.6 is 11.8 Å². The lowest BCUT2D eigenvalue weighted by molar-refractivity contribution is -0.137. The SMILES string of the molecule is CSCC(C)C(=O)NC(CC(=O)O)c1ccccc1C. The highest BCUT2D eigenvalue weighted by atomic mass is 32.2. The van der Waals surface area contributed by atoms with E-state index in [-0.39, 0.29) is 18.2 Å². The van der Waals surface area contributed by atoms with Crippen LogP contribution in [0.4, 0.5) is 0 Å². The number of hydrogen-bond donors (Lipinski definition) is 2. The molecule has 0 aromatic heterocycles. The van der Waals surface area contributed by atoms with Gasteiger partial charge in [-0.1, -0.05) is 31.2 Å². The number of carboxylic acid groups (broad SMARTS) is 1. The molecule has 5 heteroatoms. The lowest BCUT2D eigenvalue weighted by Crippen LogP contribution is -2.35. The zero-order chi connectivity index (χ0) is 15.1. The minimum atomic E-state index is -0.920. The predicted molar refractivity (Wildman–Crippen MR) is 81.9 cm³/mol. The van der Waals surface area contributed by atoms with Crippen molar-refractivity contribution < 1.29 is 14.7 Å². The number of amides is 1. The normalized spacial score (nSPS) is 13.6. The number of carboxylic acids is 1. The fourth-order valence-corrected chi connectivity index (χ4v) is 2.68. The van der Waals surface area contributed by atoms with Gasteiger partial charge in [0, 0.05) is 11.7 Å². The van der Waals surface area contributed by atoms with E-state index >= 15 is 0 Å². The van der Waals surface area contributed by atoms with E-state index in [1.54, 1.807) is 11.8 Å². The number of aryl methyl sites for hydroxylation is 1. The maximum absolute atomic E-state index is 12.1. The molecule has 0 bridgehead atoms. The average Bonchev–Trinajstić information content (AvgIpc) is 2.38. The third kappa shape index (κ3) is 4.89. The molecule has 1 aromatic rings. The molecule has 0 aliphatic carbocycles. The molecule has 0 aliphatic heterocycles. The van der Waals surface area contributed by atoms with Gasteiger partial charge in [0.15, 0.2) is 0 Å². The molecule has 1 aromatic carbocycles. The summed E-state index contributed by atoms with van der Waals surface area (Å²) in [5, 5.41) is 11.9. The van der Waals surface area contributed by atoms with Crippen molar-refractivity contribution in [3.63, 3.8) is 0 Å². The standard InChI is InChI=1S/C15H21NO3S/c1-10-6-4-5-7-12(10)13(8-14(17)18)16-15(19)11(2)9-20-3/h4-7,11,13H,8-9H2,1-3H3,(H,16,19)(H,17,18). The van der Waals surface area contributed by atoms with Gasteiger partial charge in [-0.05, 0) is 24.3 Å². The molecule has 2 N–H and O–H groups in total. The van der Waals surface area contributed by atoms with E-state index in [0.29, 0.717) is 0 Å². The Labute approximate surface area is 124 Å². The van der Waals surface area contributed by atoms with Gasteiger partial charge >= 0.3 is 5.97 Å². The van der Waals surface area contributed by atoms with Crippen molar-refractivity contribution in [2.24, 2.45) is 5.92 Å². The summed E-state index contributed by atoms with van der Waals surface area (Å²) in [6.07, 6.45) is 1.84. The number of rotatable bonds is 7. The van der Waals surface area contributed by atoms with E-state index in [1.807, 2.05) is 44.4 Å². The van der Waals surface area contributed by atoms with Gasteiger partial charge in [-0.15, -0.1) is 0 Å². The van der Waals surface area contributed by atoms with Crippen LogP contribution in [-0.4, -0.2) is 29.0 Å². The molecule has 20 heavy (non-hydrogen) atoms. The highest BCUT2D eigenvalue weighted by molar-refractivity contribution is 7.98. The van der Waals surface area contributed by atoms with Gasteiger partial charge in [0.25, 0.3) is 0 Å². The first-order valence-corrected chi connectivity index (χ1v) is 7.91. The number of hydrogen-bond acceptors (Lipinski definition) is 3. The molecule has 110 valence electrons. The highest BCUT2D eigenvalue weighted by Gasteiger charge is 2.22. The number of carbonyl (C=O) groups excluding carboxylic acids is 1. The Bertz CT molecular complexity index is 476. The molecule has 2 atom stereocenters. The van der Waals surface area contributed by atoms with Gasteiger partial charge in [-0.2, -0.15) is 11.8 Å². The van der Waals surface area contributed by atoms with E-state index in [2.05, 4.69) is 5.32 Å². The molecule has 0 saturated heterocycles. The van der Waals surface area contributed by atoms with E-state index in [1.165, 1.54) is 0 Å². The Morgan fingerprint density at radius 3 is 2.55 bits per heavy atom. The maximum atomic E-state index is 12.1. The summed E-state index contributed by atoms with van der Waals surface area (Å²) in [6.45, 7) is 3.77. The Morgan fingerprint density at radius 1 is 1.35 bits per heavy atom. The van der Waals surface area contributed by atoms with Crippen LogP contribution in [-0.2, 0) is 9.59 Å². The maximum Gasteiger partial charge on any atom is 0.305 e. The molecule has 4 nitrogen and oxygen atoms in total. The van der Waals surface area contributed by atoms with Crippen molar-refractivity contribution in [3.8, 4) is 0 Å². The summed E-state index contributed by atoms with van der Waals surface area (Å²) in [4.78, 5) is 23.1.